The summed E-state index contributed by atoms with van der Waals surface area (Å²) < 4.78 is 31.3. The number of benzene rings is 1. The number of aliphatic hydroxyl groups is 1. The Balaban J connectivity index is 3.20. The monoisotopic (exact) mass is 319 g/mol. The number of aliphatic hydroxyl groups excluding tert-OH is 1. The van der Waals surface area contributed by atoms with Crippen LogP contribution in [0.1, 0.15) is 5.56 Å². The molecule has 0 atom stereocenters. The normalized spacial score (nSPS) is 11.8. The van der Waals surface area contributed by atoms with E-state index in [0.29, 0.717) is 5.56 Å². The Morgan fingerprint density at radius 2 is 2.20 bits per heavy atom. The van der Waals surface area contributed by atoms with Gasteiger partial charge >= 0.3 is 0 Å². The quantitative estimate of drug-likeness (QED) is 0.740. The zero-order valence-corrected chi connectivity index (χ0v) is 12.8. The summed E-state index contributed by atoms with van der Waals surface area (Å²) in [6.45, 7) is 3.93. The molecule has 0 saturated carbocycles. The molecule has 1 rings (SSSR count). The Bertz CT molecular complexity index is 559. The zero-order valence-electron chi connectivity index (χ0n) is 11.3. The third kappa shape index (κ3) is 4.04. The van der Waals surface area contributed by atoms with Crippen molar-refractivity contribution in [1.29, 1.82) is 0 Å². The van der Waals surface area contributed by atoms with Crippen LogP contribution in [0, 0.1) is 0 Å². The van der Waals surface area contributed by atoms with E-state index >= 15 is 0 Å². The number of hydrogen-bond acceptors (Lipinski definition) is 4. The summed E-state index contributed by atoms with van der Waals surface area (Å²) in [6, 6.07) is 4.41. The molecule has 20 heavy (non-hydrogen) atoms. The fourth-order valence-corrected chi connectivity index (χ4v) is 3.55. The molecule has 0 bridgehead atoms. The molecule has 0 aliphatic rings. The number of halogens is 1. The highest BCUT2D eigenvalue weighted by Gasteiger charge is 2.25. The largest absolute Gasteiger partial charge is 0.392 e. The molecule has 1 aromatic rings. The minimum absolute atomic E-state index is 0.0244. The molecule has 0 spiro atoms. The Morgan fingerprint density at radius 3 is 2.75 bits per heavy atom. The van der Waals surface area contributed by atoms with Crippen molar-refractivity contribution in [3.8, 4) is 0 Å². The Hall–Kier alpha value is -0.920. The van der Waals surface area contributed by atoms with Crippen LogP contribution in [0.3, 0.4) is 0 Å². The van der Waals surface area contributed by atoms with E-state index in [1.165, 1.54) is 29.6 Å². The van der Waals surface area contributed by atoms with Gasteiger partial charge in [-0.3, -0.25) is 0 Å². The highest BCUT2D eigenvalue weighted by Crippen LogP contribution is 2.26. The van der Waals surface area contributed by atoms with Gasteiger partial charge in [-0.05, 0) is 17.7 Å². The molecule has 7 heteroatoms. The summed E-state index contributed by atoms with van der Waals surface area (Å²) in [5, 5.41) is 9.23. The van der Waals surface area contributed by atoms with Crippen LogP contribution in [0.15, 0.2) is 35.7 Å². The van der Waals surface area contributed by atoms with Crippen molar-refractivity contribution in [2.75, 3.05) is 26.8 Å². The average Bonchev–Trinajstić information content (AvgIpc) is 2.43. The van der Waals surface area contributed by atoms with E-state index in [1.807, 2.05) is 0 Å². The molecule has 0 fully saturated rings. The van der Waals surface area contributed by atoms with Crippen LogP contribution < -0.4 is 0 Å². The van der Waals surface area contributed by atoms with Gasteiger partial charge < -0.3 is 9.84 Å². The van der Waals surface area contributed by atoms with Gasteiger partial charge in [0.05, 0.1) is 18.2 Å². The highest BCUT2D eigenvalue weighted by atomic mass is 35.5. The second-order valence-electron chi connectivity index (χ2n) is 4.07. The first-order valence-corrected chi connectivity index (χ1v) is 7.78. The lowest BCUT2D eigenvalue weighted by Crippen LogP contribution is -2.34. The predicted octanol–water partition coefficient (Wildman–Crippen LogP) is 1.66. The van der Waals surface area contributed by atoms with Gasteiger partial charge in [-0.1, -0.05) is 23.7 Å². The van der Waals surface area contributed by atoms with Crippen molar-refractivity contribution in [1.82, 2.24) is 4.31 Å². The van der Waals surface area contributed by atoms with Crippen LogP contribution in [0.25, 0.3) is 0 Å². The first-order chi connectivity index (χ1) is 9.47. The van der Waals surface area contributed by atoms with E-state index in [9.17, 15) is 8.42 Å². The molecule has 0 heterocycles. The summed E-state index contributed by atoms with van der Waals surface area (Å²) in [5.74, 6) is 0. The lowest BCUT2D eigenvalue weighted by atomic mass is 10.2. The lowest BCUT2D eigenvalue weighted by molar-refractivity contribution is 0.182. The minimum atomic E-state index is -3.76. The van der Waals surface area contributed by atoms with E-state index in [2.05, 4.69) is 6.58 Å². The van der Waals surface area contributed by atoms with Gasteiger partial charge in [0.2, 0.25) is 10.0 Å². The van der Waals surface area contributed by atoms with E-state index in [0.717, 1.165) is 0 Å². The number of sulfonamides is 1. The summed E-state index contributed by atoms with van der Waals surface area (Å²) in [5.41, 5.74) is 0.485. The number of hydrogen-bond donors (Lipinski definition) is 1. The fourth-order valence-electron chi connectivity index (χ4n) is 1.63. The molecular weight excluding hydrogens is 302 g/mol. The SMILES string of the molecule is C=CCN(CCOC)S(=O)(=O)c1cc(CO)ccc1Cl. The summed E-state index contributed by atoms with van der Waals surface area (Å²) in [6.07, 6.45) is 1.50. The maximum absolute atomic E-state index is 12.6. The van der Waals surface area contributed by atoms with Crippen LogP contribution in [-0.4, -0.2) is 44.6 Å². The van der Waals surface area contributed by atoms with Crippen molar-refractivity contribution in [2.45, 2.75) is 11.5 Å². The van der Waals surface area contributed by atoms with Crippen LogP contribution in [0.5, 0.6) is 0 Å². The average molecular weight is 320 g/mol. The van der Waals surface area contributed by atoms with Crippen molar-refractivity contribution in [2.24, 2.45) is 0 Å². The first kappa shape index (κ1) is 17.1. The van der Waals surface area contributed by atoms with Gasteiger partial charge in [0, 0.05) is 20.2 Å². The maximum atomic E-state index is 12.6. The standard InChI is InChI=1S/C13H18ClNO4S/c1-3-6-15(7-8-19-2)20(17,18)13-9-11(10-16)4-5-12(13)14/h3-5,9,16H,1,6-8,10H2,2H3. The van der Waals surface area contributed by atoms with Crippen LogP contribution in [0.4, 0.5) is 0 Å². The van der Waals surface area contributed by atoms with Gasteiger partial charge in [-0.2, -0.15) is 4.31 Å². The van der Waals surface area contributed by atoms with E-state index in [-0.39, 0.29) is 36.2 Å². The van der Waals surface area contributed by atoms with Gasteiger partial charge in [-0.25, -0.2) is 8.42 Å². The second-order valence-corrected chi connectivity index (χ2v) is 6.38. The molecule has 0 amide bonds. The molecule has 5 nitrogen and oxygen atoms in total. The molecule has 1 aromatic carbocycles. The molecule has 112 valence electrons. The zero-order chi connectivity index (χ0) is 15.2. The summed E-state index contributed by atoms with van der Waals surface area (Å²) in [7, 11) is -2.26. The highest BCUT2D eigenvalue weighted by molar-refractivity contribution is 7.89. The first-order valence-electron chi connectivity index (χ1n) is 5.96. The molecule has 0 aliphatic heterocycles. The molecule has 0 saturated heterocycles. The van der Waals surface area contributed by atoms with Gasteiger partial charge in [0.25, 0.3) is 0 Å². The van der Waals surface area contributed by atoms with Crippen LogP contribution >= 0.6 is 11.6 Å². The van der Waals surface area contributed by atoms with Crippen LogP contribution in [0.2, 0.25) is 5.02 Å². The Labute approximate surface area is 124 Å². The van der Waals surface area contributed by atoms with Crippen molar-refractivity contribution < 1.29 is 18.3 Å². The minimum Gasteiger partial charge on any atom is -0.392 e. The van der Waals surface area contributed by atoms with Crippen molar-refractivity contribution in [3.05, 3.63) is 41.4 Å². The molecular formula is C13H18ClNO4S. The lowest BCUT2D eigenvalue weighted by Gasteiger charge is -2.21. The molecule has 0 aromatic heterocycles. The van der Waals surface area contributed by atoms with Crippen molar-refractivity contribution in [3.63, 3.8) is 0 Å². The molecule has 0 unspecified atom stereocenters. The number of nitrogens with zero attached hydrogens (tertiary/aromatic N) is 1. The van der Waals surface area contributed by atoms with Crippen molar-refractivity contribution >= 4 is 21.6 Å². The third-order valence-electron chi connectivity index (χ3n) is 2.67. The maximum Gasteiger partial charge on any atom is 0.244 e. The topological polar surface area (TPSA) is 66.8 Å². The predicted molar refractivity (Wildman–Crippen MR) is 78.2 cm³/mol. The Kier molecular flexibility index (Phi) is 6.64. The third-order valence-corrected chi connectivity index (χ3v) is 5.02. The summed E-state index contributed by atoms with van der Waals surface area (Å²) in [4.78, 5) is -0.0244. The second kappa shape index (κ2) is 7.75. The van der Waals surface area contributed by atoms with Crippen LogP contribution in [-0.2, 0) is 21.4 Å². The summed E-state index contributed by atoms with van der Waals surface area (Å²) >= 11 is 5.97. The number of methoxy groups -OCH3 is 1. The van der Waals surface area contributed by atoms with Gasteiger partial charge in [0.1, 0.15) is 4.90 Å². The Morgan fingerprint density at radius 1 is 1.50 bits per heavy atom. The van der Waals surface area contributed by atoms with E-state index in [4.69, 9.17) is 21.4 Å². The number of rotatable bonds is 8. The smallest absolute Gasteiger partial charge is 0.244 e. The molecule has 0 radical (unpaired) electrons. The van der Waals surface area contributed by atoms with E-state index < -0.39 is 10.0 Å². The van der Waals surface area contributed by atoms with E-state index in [1.54, 1.807) is 6.07 Å². The van der Waals surface area contributed by atoms with Gasteiger partial charge in [-0.15, -0.1) is 6.58 Å². The molecule has 1 N–H and O–H groups in total. The molecule has 0 aliphatic carbocycles. The fraction of sp³-hybridized carbons (Fsp3) is 0.385. The van der Waals surface area contributed by atoms with Gasteiger partial charge in [0.15, 0.2) is 0 Å². The number of ether oxygens (including phenoxy) is 1.